The second-order valence-corrected chi connectivity index (χ2v) is 6.64. The Morgan fingerprint density at radius 1 is 1.04 bits per heavy atom. The zero-order chi connectivity index (χ0) is 17.7. The first-order chi connectivity index (χ1) is 11.4. The van der Waals surface area contributed by atoms with Crippen LogP contribution in [0.1, 0.15) is 10.4 Å². The van der Waals surface area contributed by atoms with Crippen LogP contribution in [0.5, 0.6) is 11.5 Å². The van der Waals surface area contributed by atoms with Gasteiger partial charge >= 0.3 is 0 Å². The highest BCUT2D eigenvalue weighted by molar-refractivity contribution is 7.89. The quantitative estimate of drug-likeness (QED) is 0.829. The number of benzene rings is 2. The van der Waals surface area contributed by atoms with E-state index < -0.39 is 15.9 Å². The van der Waals surface area contributed by atoms with Crippen LogP contribution >= 0.6 is 0 Å². The number of sulfonamides is 1. The second kappa shape index (κ2) is 7.33. The van der Waals surface area contributed by atoms with Crippen molar-refractivity contribution in [2.75, 3.05) is 26.6 Å². The lowest BCUT2D eigenvalue weighted by Crippen LogP contribution is -2.19. The molecule has 24 heavy (non-hydrogen) atoms. The van der Waals surface area contributed by atoms with E-state index in [9.17, 15) is 13.2 Å². The van der Waals surface area contributed by atoms with Crippen LogP contribution in [0.25, 0.3) is 0 Å². The van der Waals surface area contributed by atoms with Crippen LogP contribution in [0.3, 0.4) is 0 Å². The predicted octanol–water partition coefficient (Wildman–Crippen LogP) is 1.86. The molecule has 0 atom stereocenters. The number of hydrogen-bond donors (Lipinski definition) is 2. The van der Waals surface area contributed by atoms with Crippen molar-refractivity contribution in [3.63, 3.8) is 0 Å². The van der Waals surface area contributed by atoms with Crippen molar-refractivity contribution in [2.45, 2.75) is 4.90 Å². The van der Waals surface area contributed by atoms with Gasteiger partial charge in [-0.2, -0.15) is 0 Å². The summed E-state index contributed by atoms with van der Waals surface area (Å²) in [5, 5.41) is 2.69. The number of carbonyl (C=O) groups excluding carboxylic acids is 1. The summed E-state index contributed by atoms with van der Waals surface area (Å²) in [6, 6.07) is 10.7. The lowest BCUT2D eigenvalue weighted by atomic mass is 10.2. The highest BCUT2D eigenvalue weighted by atomic mass is 32.2. The molecule has 0 aliphatic rings. The average Bonchev–Trinajstić information content (AvgIpc) is 2.62. The van der Waals surface area contributed by atoms with Crippen molar-refractivity contribution >= 4 is 21.6 Å². The molecule has 0 aromatic heterocycles. The van der Waals surface area contributed by atoms with Gasteiger partial charge < -0.3 is 14.8 Å². The maximum absolute atomic E-state index is 12.4. The Labute approximate surface area is 140 Å². The molecular formula is C16H18N2O5S. The van der Waals surface area contributed by atoms with E-state index in [2.05, 4.69) is 10.0 Å². The predicted molar refractivity (Wildman–Crippen MR) is 90.2 cm³/mol. The molecule has 0 heterocycles. The van der Waals surface area contributed by atoms with Crippen molar-refractivity contribution in [3.05, 3.63) is 48.0 Å². The van der Waals surface area contributed by atoms with E-state index in [-0.39, 0.29) is 10.5 Å². The minimum absolute atomic E-state index is 0.0133. The third-order valence-electron chi connectivity index (χ3n) is 3.33. The highest BCUT2D eigenvalue weighted by Crippen LogP contribution is 2.29. The van der Waals surface area contributed by atoms with Crippen LogP contribution in [0.4, 0.5) is 5.69 Å². The van der Waals surface area contributed by atoms with Gasteiger partial charge in [0.2, 0.25) is 10.0 Å². The monoisotopic (exact) mass is 350 g/mol. The SMILES string of the molecule is CNS(=O)(=O)c1cccc(C(=O)Nc2ccc(OC)cc2OC)c1. The average molecular weight is 350 g/mol. The minimum Gasteiger partial charge on any atom is -0.497 e. The Kier molecular flexibility index (Phi) is 5.42. The fourth-order valence-corrected chi connectivity index (χ4v) is 2.79. The molecule has 2 rings (SSSR count). The molecular weight excluding hydrogens is 332 g/mol. The lowest BCUT2D eigenvalue weighted by Gasteiger charge is -2.12. The zero-order valence-corrected chi connectivity index (χ0v) is 14.3. The topological polar surface area (TPSA) is 93.7 Å². The van der Waals surface area contributed by atoms with E-state index in [0.29, 0.717) is 17.2 Å². The highest BCUT2D eigenvalue weighted by Gasteiger charge is 2.15. The van der Waals surface area contributed by atoms with Crippen LogP contribution in [-0.2, 0) is 10.0 Å². The molecule has 0 unspecified atom stereocenters. The molecule has 0 radical (unpaired) electrons. The Balaban J connectivity index is 2.29. The first-order valence-electron chi connectivity index (χ1n) is 6.98. The number of ether oxygens (including phenoxy) is 2. The van der Waals surface area contributed by atoms with Gasteiger partial charge in [0.15, 0.2) is 0 Å². The van der Waals surface area contributed by atoms with E-state index in [1.165, 1.54) is 45.5 Å². The number of anilines is 1. The molecule has 0 fully saturated rings. The summed E-state index contributed by atoms with van der Waals surface area (Å²) < 4.78 is 36.2. The van der Waals surface area contributed by atoms with Gasteiger partial charge in [-0.1, -0.05) is 6.07 Å². The molecule has 0 bridgehead atoms. The summed E-state index contributed by atoms with van der Waals surface area (Å²) >= 11 is 0. The van der Waals surface area contributed by atoms with Gasteiger partial charge in [0, 0.05) is 11.6 Å². The van der Waals surface area contributed by atoms with Gasteiger partial charge in [0.05, 0.1) is 24.8 Å². The van der Waals surface area contributed by atoms with E-state index in [1.54, 1.807) is 18.2 Å². The van der Waals surface area contributed by atoms with E-state index in [1.807, 2.05) is 0 Å². The van der Waals surface area contributed by atoms with Crippen LogP contribution in [-0.4, -0.2) is 35.6 Å². The fourth-order valence-electron chi connectivity index (χ4n) is 2.02. The lowest BCUT2D eigenvalue weighted by molar-refractivity contribution is 0.102. The number of carbonyl (C=O) groups is 1. The van der Waals surface area contributed by atoms with Crippen molar-refractivity contribution < 1.29 is 22.7 Å². The molecule has 2 N–H and O–H groups in total. The first-order valence-corrected chi connectivity index (χ1v) is 8.46. The maximum atomic E-state index is 12.4. The third-order valence-corrected chi connectivity index (χ3v) is 4.74. The molecule has 0 saturated heterocycles. The van der Waals surface area contributed by atoms with Gasteiger partial charge in [-0.3, -0.25) is 4.79 Å². The van der Waals surface area contributed by atoms with Crippen LogP contribution < -0.4 is 19.5 Å². The zero-order valence-electron chi connectivity index (χ0n) is 13.5. The Bertz CT molecular complexity index is 849. The molecule has 0 aliphatic heterocycles. The molecule has 2 aromatic carbocycles. The third kappa shape index (κ3) is 3.84. The molecule has 0 saturated carbocycles. The fraction of sp³-hybridized carbons (Fsp3) is 0.188. The summed E-state index contributed by atoms with van der Waals surface area (Å²) in [5.74, 6) is 0.570. The summed E-state index contributed by atoms with van der Waals surface area (Å²) in [4.78, 5) is 12.4. The van der Waals surface area contributed by atoms with Crippen molar-refractivity contribution in [1.82, 2.24) is 4.72 Å². The number of nitrogens with one attached hydrogen (secondary N) is 2. The normalized spacial score (nSPS) is 11.0. The number of rotatable bonds is 6. The summed E-state index contributed by atoms with van der Waals surface area (Å²) in [7, 11) is 0.695. The summed E-state index contributed by atoms with van der Waals surface area (Å²) in [6.45, 7) is 0. The molecule has 128 valence electrons. The van der Waals surface area contributed by atoms with Crippen molar-refractivity contribution in [3.8, 4) is 11.5 Å². The van der Waals surface area contributed by atoms with Crippen molar-refractivity contribution in [2.24, 2.45) is 0 Å². The summed E-state index contributed by atoms with van der Waals surface area (Å²) in [6.07, 6.45) is 0. The van der Waals surface area contributed by atoms with E-state index >= 15 is 0 Å². The number of methoxy groups -OCH3 is 2. The first kappa shape index (κ1) is 17.8. The van der Waals surface area contributed by atoms with Crippen molar-refractivity contribution in [1.29, 1.82) is 0 Å². The van der Waals surface area contributed by atoms with Gasteiger partial charge in [-0.25, -0.2) is 13.1 Å². The number of hydrogen-bond acceptors (Lipinski definition) is 5. The van der Waals surface area contributed by atoms with Gasteiger partial charge in [-0.15, -0.1) is 0 Å². The standard InChI is InChI=1S/C16H18N2O5S/c1-17-24(20,21)13-6-4-5-11(9-13)16(19)18-14-8-7-12(22-2)10-15(14)23-3/h4-10,17H,1-3H3,(H,18,19). The number of amides is 1. The molecule has 7 nitrogen and oxygen atoms in total. The Morgan fingerprint density at radius 3 is 2.42 bits per heavy atom. The second-order valence-electron chi connectivity index (χ2n) is 4.76. The van der Waals surface area contributed by atoms with Gasteiger partial charge in [0.1, 0.15) is 11.5 Å². The van der Waals surface area contributed by atoms with Crippen LogP contribution in [0.2, 0.25) is 0 Å². The van der Waals surface area contributed by atoms with Crippen LogP contribution in [0.15, 0.2) is 47.4 Å². The summed E-state index contributed by atoms with van der Waals surface area (Å²) in [5.41, 5.74) is 0.661. The van der Waals surface area contributed by atoms with Crippen LogP contribution in [0, 0.1) is 0 Å². The molecule has 0 spiro atoms. The molecule has 1 amide bonds. The maximum Gasteiger partial charge on any atom is 0.255 e. The smallest absolute Gasteiger partial charge is 0.255 e. The molecule has 2 aromatic rings. The minimum atomic E-state index is -3.62. The van der Waals surface area contributed by atoms with E-state index in [0.717, 1.165) is 0 Å². The van der Waals surface area contributed by atoms with Gasteiger partial charge in [0.25, 0.3) is 5.91 Å². The van der Waals surface area contributed by atoms with E-state index in [4.69, 9.17) is 9.47 Å². The Hall–Kier alpha value is -2.58. The Morgan fingerprint density at radius 2 is 1.79 bits per heavy atom. The largest absolute Gasteiger partial charge is 0.497 e. The van der Waals surface area contributed by atoms with Gasteiger partial charge in [-0.05, 0) is 37.4 Å². The molecule has 0 aliphatic carbocycles. The molecule has 8 heteroatoms.